The highest BCUT2D eigenvalue weighted by Gasteiger charge is 2.28. The summed E-state index contributed by atoms with van der Waals surface area (Å²) >= 11 is 0. The highest BCUT2D eigenvalue weighted by atomic mass is 16.5. The molecular formula is C19H21NO6. The number of nitrogens with one attached hydrogen (secondary N) is 1. The summed E-state index contributed by atoms with van der Waals surface area (Å²) in [5.74, 6) is -0.753. The highest BCUT2D eigenvalue weighted by Crippen LogP contribution is 2.22. The van der Waals surface area contributed by atoms with Gasteiger partial charge >= 0.3 is 6.09 Å². The summed E-state index contributed by atoms with van der Waals surface area (Å²) in [6.07, 6.45) is 0.469. The monoisotopic (exact) mass is 359 g/mol. The van der Waals surface area contributed by atoms with E-state index in [9.17, 15) is 19.5 Å². The maximum absolute atomic E-state index is 12.3. The molecule has 0 saturated carbocycles. The van der Waals surface area contributed by atoms with E-state index >= 15 is 0 Å². The quantitative estimate of drug-likeness (QED) is 0.718. The van der Waals surface area contributed by atoms with E-state index in [1.54, 1.807) is 0 Å². The van der Waals surface area contributed by atoms with E-state index in [4.69, 9.17) is 9.47 Å². The minimum atomic E-state index is -0.752. The molecule has 7 nitrogen and oxygen atoms in total. The van der Waals surface area contributed by atoms with Crippen LogP contribution in [0.4, 0.5) is 4.79 Å². The fraction of sp³-hybridized carbons (Fsp3) is 0.316. The second kappa shape index (κ2) is 8.96. The first kappa shape index (κ1) is 19.4. The van der Waals surface area contributed by atoms with Crippen LogP contribution >= 0.6 is 0 Å². The lowest BCUT2D eigenvalue weighted by Crippen LogP contribution is -2.39. The molecule has 0 aromatic heterocycles. The number of aliphatic hydroxyl groups is 1. The van der Waals surface area contributed by atoms with Crippen molar-refractivity contribution in [3.8, 4) is 0 Å². The van der Waals surface area contributed by atoms with Crippen LogP contribution in [-0.2, 0) is 25.7 Å². The van der Waals surface area contributed by atoms with Gasteiger partial charge in [-0.2, -0.15) is 0 Å². The number of ketones is 2. The zero-order chi connectivity index (χ0) is 19.1. The van der Waals surface area contributed by atoms with Gasteiger partial charge in [0.05, 0.1) is 19.8 Å². The van der Waals surface area contributed by atoms with Gasteiger partial charge in [0.2, 0.25) is 5.78 Å². The summed E-state index contributed by atoms with van der Waals surface area (Å²) < 4.78 is 10.0. The molecule has 0 spiro atoms. The number of carbonyl (C=O) groups is 3. The molecular weight excluding hydrogens is 338 g/mol. The zero-order valence-corrected chi connectivity index (χ0v) is 14.7. The highest BCUT2D eigenvalue weighted by molar-refractivity contribution is 6.21. The lowest BCUT2D eigenvalue weighted by molar-refractivity contribution is -0.118. The Bertz CT molecular complexity index is 751. The van der Waals surface area contributed by atoms with Crippen molar-refractivity contribution < 1.29 is 29.0 Å². The van der Waals surface area contributed by atoms with Crippen molar-refractivity contribution in [2.75, 3.05) is 13.7 Å². The smallest absolute Gasteiger partial charge is 0.407 e. The molecule has 2 rings (SSSR count). The van der Waals surface area contributed by atoms with Crippen LogP contribution in [0.25, 0.3) is 0 Å². The Morgan fingerprint density at radius 1 is 1.23 bits per heavy atom. The average molecular weight is 359 g/mol. The molecule has 0 bridgehead atoms. The molecule has 26 heavy (non-hydrogen) atoms. The number of allylic oxidation sites excluding steroid dienone is 2. The predicted molar refractivity (Wildman–Crippen MR) is 93.1 cm³/mol. The van der Waals surface area contributed by atoms with E-state index in [2.05, 4.69) is 5.32 Å². The van der Waals surface area contributed by atoms with Crippen molar-refractivity contribution in [3.05, 3.63) is 58.9 Å². The van der Waals surface area contributed by atoms with Crippen molar-refractivity contribution in [1.82, 2.24) is 5.32 Å². The molecule has 0 saturated heterocycles. The number of carbonyl (C=O) groups excluding carboxylic acids is 3. The Morgan fingerprint density at radius 2 is 1.92 bits per heavy atom. The lowest BCUT2D eigenvalue weighted by Gasteiger charge is -2.20. The molecule has 0 radical (unpaired) electrons. The van der Waals surface area contributed by atoms with Crippen LogP contribution in [0.3, 0.4) is 0 Å². The van der Waals surface area contributed by atoms with Gasteiger partial charge in [0.1, 0.15) is 6.61 Å². The molecule has 1 amide bonds. The van der Waals surface area contributed by atoms with Crippen LogP contribution in [0.2, 0.25) is 0 Å². The Hall–Kier alpha value is -2.93. The fourth-order valence-corrected chi connectivity index (χ4v) is 2.58. The number of amides is 1. The van der Waals surface area contributed by atoms with Crippen LogP contribution in [-0.4, -0.2) is 42.5 Å². The third kappa shape index (κ3) is 4.80. The molecule has 1 aliphatic carbocycles. The summed E-state index contributed by atoms with van der Waals surface area (Å²) in [5, 5.41) is 12.0. The van der Waals surface area contributed by atoms with Gasteiger partial charge in [-0.25, -0.2) is 4.79 Å². The summed E-state index contributed by atoms with van der Waals surface area (Å²) in [6, 6.07) is 8.39. The average Bonchev–Trinajstić information content (AvgIpc) is 2.64. The molecule has 0 aliphatic heterocycles. The molecule has 1 atom stereocenters. The first-order chi connectivity index (χ1) is 12.5. The first-order valence-corrected chi connectivity index (χ1v) is 8.08. The zero-order valence-electron chi connectivity index (χ0n) is 14.7. The van der Waals surface area contributed by atoms with Gasteiger partial charge in [-0.1, -0.05) is 30.3 Å². The number of hydrogen-bond donors (Lipinski definition) is 2. The predicted octanol–water partition coefficient (Wildman–Crippen LogP) is 1.66. The van der Waals surface area contributed by atoms with Crippen molar-refractivity contribution >= 4 is 17.7 Å². The minimum absolute atomic E-state index is 0.00882. The summed E-state index contributed by atoms with van der Waals surface area (Å²) in [6.45, 7) is 1.19. The van der Waals surface area contributed by atoms with Crippen LogP contribution in [0.5, 0.6) is 0 Å². The third-order valence-corrected chi connectivity index (χ3v) is 3.93. The fourth-order valence-electron chi connectivity index (χ4n) is 2.58. The molecule has 1 aromatic carbocycles. The summed E-state index contributed by atoms with van der Waals surface area (Å²) in [5.41, 5.74) is 1.24. The Balaban J connectivity index is 1.94. The van der Waals surface area contributed by atoms with Crippen molar-refractivity contribution in [2.24, 2.45) is 0 Å². The van der Waals surface area contributed by atoms with Gasteiger partial charge in [0.15, 0.2) is 11.5 Å². The lowest BCUT2D eigenvalue weighted by atomic mass is 9.91. The second-order valence-electron chi connectivity index (χ2n) is 5.81. The van der Waals surface area contributed by atoms with Gasteiger partial charge in [-0.3, -0.25) is 9.59 Å². The van der Waals surface area contributed by atoms with Crippen molar-refractivity contribution in [1.29, 1.82) is 0 Å². The number of hydrogen-bond acceptors (Lipinski definition) is 6. The maximum atomic E-state index is 12.3. The number of ether oxygens (including phenoxy) is 2. The maximum Gasteiger partial charge on any atom is 0.407 e. The van der Waals surface area contributed by atoms with Gasteiger partial charge in [0.25, 0.3) is 0 Å². The van der Waals surface area contributed by atoms with E-state index in [1.165, 1.54) is 20.1 Å². The number of Topliss-reactive ketones (excluding diaryl/α,β-unsaturated/α-hetero) is 1. The SMILES string of the molecule is COC1=C(C)C(=O)C(C[C@@H](CO)NC(=O)OCc2ccccc2)=CC1=O. The van der Waals surface area contributed by atoms with E-state index in [-0.39, 0.29) is 35.7 Å². The van der Waals surface area contributed by atoms with Crippen LogP contribution in [0.15, 0.2) is 53.3 Å². The van der Waals surface area contributed by atoms with Gasteiger partial charge in [-0.15, -0.1) is 0 Å². The van der Waals surface area contributed by atoms with Crippen molar-refractivity contribution in [3.63, 3.8) is 0 Å². The standard InChI is InChI=1S/C19H21NO6/c1-12-17(23)14(9-16(22)18(12)25-2)8-15(10-21)20-19(24)26-11-13-6-4-3-5-7-13/h3-7,9,15,21H,8,10-11H2,1-2H3,(H,20,24)/t15-/m0/s1. The van der Waals surface area contributed by atoms with E-state index in [1.807, 2.05) is 30.3 Å². The summed E-state index contributed by atoms with van der Waals surface area (Å²) in [4.78, 5) is 36.2. The molecule has 2 N–H and O–H groups in total. The van der Waals surface area contributed by atoms with Gasteiger partial charge in [-0.05, 0) is 25.0 Å². The normalized spacial score (nSPS) is 15.4. The number of rotatable bonds is 7. The van der Waals surface area contributed by atoms with Crippen LogP contribution < -0.4 is 5.32 Å². The Morgan fingerprint density at radius 3 is 2.54 bits per heavy atom. The van der Waals surface area contributed by atoms with Crippen molar-refractivity contribution in [2.45, 2.75) is 26.0 Å². The van der Waals surface area contributed by atoms with Crippen LogP contribution in [0, 0.1) is 0 Å². The molecule has 138 valence electrons. The van der Waals surface area contributed by atoms with Gasteiger partial charge < -0.3 is 19.9 Å². The topological polar surface area (TPSA) is 102 Å². The number of alkyl carbamates (subject to hydrolysis) is 1. The molecule has 0 heterocycles. The molecule has 1 aliphatic rings. The largest absolute Gasteiger partial charge is 0.492 e. The van der Waals surface area contributed by atoms with E-state index < -0.39 is 24.5 Å². The Kier molecular flexibility index (Phi) is 6.68. The molecule has 7 heteroatoms. The van der Waals surface area contributed by atoms with Crippen LogP contribution in [0.1, 0.15) is 18.9 Å². The third-order valence-electron chi connectivity index (χ3n) is 3.93. The van der Waals surface area contributed by atoms with Gasteiger partial charge in [0, 0.05) is 11.1 Å². The number of aliphatic hydroxyl groups excluding tert-OH is 1. The van der Waals surface area contributed by atoms with E-state index in [0.717, 1.165) is 5.56 Å². The molecule has 0 fully saturated rings. The molecule has 0 unspecified atom stereocenters. The Labute approximate surface area is 151 Å². The summed E-state index contributed by atoms with van der Waals surface area (Å²) in [7, 11) is 1.32. The number of benzene rings is 1. The minimum Gasteiger partial charge on any atom is -0.492 e. The second-order valence-corrected chi connectivity index (χ2v) is 5.81. The molecule has 1 aromatic rings. The first-order valence-electron chi connectivity index (χ1n) is 8.08. The number of methoxy groups -OCH3 is 1. The van der Waals surface area contributed by atoms with E-state index in [0.29, 0.717) is 0 Å².